The van der Waals surface area contributed by atoms with Gasteiger partial charge < -0.3 is 0 Å². The third kappa shape index (κ3) is 2.92. The standard InChI is InChI=1S/C17H18N2O4S/c1-13-5-2-3-6-16(13)17-7-4-12-18(17)24(22,23)15-10-8-14(9-11-15)19(20)21/h2-3,5-6,8-11,17H,4,7,12H2,1H3/t17-/m0/s1. The third-order valence-corrected chi connectivity index (χ3v) is 6.33. The molecule has 1 aliphatic heterocycles. The fraction of sp³-hybridized carbons (Fsp3) is 0.294. The first-order valence-electron chi connectivity index (χ1n) is 7.73. The molecule has 24 heavy (non-hydrogen) atoms. The second kappa shape index (κ2) is 6.33. The van der Waals surface area contributed by atoms with E-state index in [0.717, 1.165) is 24.0 Å². The molecule has 0 bridgehead atoms. The van der Waals surface area contributed by atoms with Gasteiger partial charge in [-0.05, 0) is 43.0 Å². The van der Waals surface area contributed by atoms with Gasteiger partial charge in [0.2, 0.25) is 10.0 Å². The topological polar surface area (TPSA) is 80.5 Å². The molecule has 126 valence electrons. The predicted octanol–water partition coefficient (Wildman–Crippen LogP) is 3.43. The van der Waals surface area contributed by atoms with E-state index in [-0.39, 0.29) is 16.6 Å². The van der Waals surface area contributed by atoms with E-state index in [2.05, 4.69) is 0 Å². The van der Waals surface area contributed by atoms with E-state index in [9.17, 15) is 18.5 Å². The zero-order chi connectivity index (χ0) is 17.3. The van der Waals surface area contributed by atoms with Gasteiger partial charge in [0.15, 0.2) is 0 Å². The summed E-state index contributed by atoms with van der Waals surface area (Å²) >= 11 is 0. The molecule has 0 N–H and O–H groups in total. The van der Waals surface area contributed by atoms with E-state index in [4.69, 9.17) is 0 Å². The van der Waals surface area contributed by atoms with Gasteiger partial charge in [0, 0.05) is 18.7 Å². The van der Waals surface area contributed by atoms with Crippen molar-refractivity contribution in [2.24, 2.45) is 0 Å². The van der Waals surface area contributed by atoms with E-state index in [1.807, 2.05) is 31.2 Å². The van der Waals surface area contributed by atoms with Crippen molar-refractivity contribution in [3.8, 4) is 0 Å². The van der Waals surface area contributed by atoms with Crippen LogP contribution in [0.3, 0.4) is 0 Å². The van der Waals surface area contributed by atoms with E-state index in [1.54, 1.807) is 0 Å². The Morgan fingerprint density at radius 3 is 2.42 bits per heavy atom. The Morgan fingerprint density at radius 2 is 1.79 bits per heavy atom. The number of nitro benzene ring substituents is 1. The highest BCUT2D eigenvalue weighted by atomic mass is 32.2. The second-order valence-corrected chi connectivity index (χ2v) is 7.77. The summed E-state index contributed by atoms with van der Waals surface area (Å²) in [5, 5.41) is 10.7. The van der Waals surface area contributed by atoms with Crippen LogP contribution in [-0.4, -0.2) is 24.2 Å². The maximum Gasteiger partial charge on any atom is 0.269 e. The summed E-state index contributed by atoms with van der Waals surface area (Å²) in [4.78, 5) is 10.3. The van der Waals surface area contributed by atoms with Crippen LogP contribution in [0.25, 0.3) is 0 Å². The Bertz CT molecular complexity index is 862. The maximum atomic E-state index is 13.0. The Kier molecular flexibility index (Phi) is 4.38. The second-order valence-electron chi connectivity index (χ2n) is 5.88. The van der Waals surface area contributed by atoms with Crippen molar-refractivity contribution in [3.05, 3.63) is 69.8 Å². The Hall–Kier alpha value is -2.25. The predicted molar refractivity (Wildman–Crippen MR) is 90.1 cm³/mol. The van der Waals surface area contributed by atoms with Crippen LogP contribution in [0.1, 0.15) is 30.0 Å². The van der Waals surface area contributed by atoms with Gasteiger partial charge in [-0.1, -0.05) is 24.3 Å². The van der Waals surface area contributed by atoms with Gasteiger partial charge in [-0.2, -0.15) is 4.31 Å². The van der Waals surface area contributed by atoms with Crippen molar-refractivity contribution >= 4 is 15.7 Å². The lowest BCUT2D eigenvalue weighted by Crippen LogP contribution is -2.31. The zero-order valence-electron chi connectivity index (χ0n) is 13.3. The van der Waals surface area contributed by atoms with E-state index < -0.39 is 14.9 Å². The zero-order valence-corrected chi connectivity index (χ0v) is 14.1. The van der Waals surface area contributed by atoms with Gasteiger partial charge in [-0.15, -0.1) is 0 Å². The van der Waals surface area contributed by atoms with Crippen molar-refractivity contribution in [1.82, 2.24) is 4.31 Å². The Morgan fingerprint density at radius 1 is 1.12 bits per heavy atom. The highest BCUT2D eigenvalue weighted by Gasteiger charge is 2.36. The number of benzene rings is 2. The first kappa shape index (κ1) is 16.6. The number of hydrogen-bond acceptors (Lipinski definition) is 4. The van der Waals surface area contributed by atoms with Gasteiger partial charge >= 0.3 is 0 Å². The Balaban J connectivity index is 1.96. The molecule has 0 aromatic heterocycles. The van der Waals surface area contributed by atoms with Crippen LogP contribution in [0.2, 0.25) is 0 Å². The van der Waals surface area contributed by atoms with Crippen LogP contribution in [0.4, 0.5) is 5.69 Å². The molecule has 7 heteroatoms. The lowest BCUT2D eigenvalue weighted by molar-refractivity contribution is -0.384. The van der Waals surface area contributed by atoms with Crippen LogP contribution in [0, 0.1) is 17.0 Å². The molecular weight excluding hydrogens is 328 g/mol. The van der Waals surface area contributed by atoms with Gasteiger partial charge in [-0.25, -0.2) is 8.42 Å². The molecule has 1 heterocycles. The number of hydrogen-bond donors (Lipinski definition) is 0. The van der Waals surface area contributed by atoms with Crippen LogP contribution < -0.4 is 0 Å². The smallest absolute Gasteiger partial charge is 0.258 e. The summed E-state index contributed by atoms with van der Waals surface area (Å²) < 4.78 is 27.4. The summed E-state index contributed by atoms with van der Waals surface area (Å²) in [5.41, 5.74) is 1.96. The molecule has 0 aliphatic carbocycles. The fourth-order valence-corrected chi connectivity index (χ4v) is 4.85. The van der Waals surface area contributed by atoms with Crippen molar-refractivity contribution in [2.75, 3.05) is 6.54 Å². The minimum absolute atomic E-state index is 0.0913. The molecule has 3 rings (SSSR count). The van der Waals surface area contributed by atoms with E-state index in [1.165, 1.54) is 28.6 Å². The first-order valence-corrected chi connectivity index (χ1v) is 9.17. The number of aryl methyl sites for hydroxylation is 1. The number of non-ortho nitro benzene ring substituents is 1. The fourth-order valence-electron chi connectivity index (χ4n) is 3.17. The average Bonchev–Trinajstić information content (AvgIpc) is 3.05. The molecule has 0 radical (unpaired) electrons. The van der Waals surface area contributed by atoms with Crippen LogP contribution >= 0.6 is 0 Å². The summed E-state index contributed by atoms with van der Waals surface area (Å²) in [6, 6.07) is 12.7. The van der Waals surface area contributed by atoms with Crippen molar-refractivity contribution in [2.45, 2.75) is 30.7 Å². The van der Waals surface area contributed by atoms with Crippen molar-refractivity contribution in [1.29, 1.82) is 0 Å². The molecular formula is C17H18N2O4S. The van der Waals surface area contributed by atoms with Crippen molar-refractivity contribution in [3.63, 3.8) is 0 Å². The molecule has 1 aliphatic rings. The summed E-state index contributed by atoms with van der Waals surface area (Å²) in [7, 11) is -3.68. The number of sulfonamides is 1. The number of nitrogens with zero attached hydrogens (tertiary/aromatic N) is 2. The normalized spacial score (nSPS) is 18.6. The van der Waals surface area contributed by atoms with Gasteiger partial charge in [0.1, 0.15) is 0 Å². The quantitative estimate of drug-likeness (QED) is 0.627. The molecule has 0 saturated carbocycles. The van der Waals surface area contributed by atoms with Crippen LogP contribution in [-0.2, 0) is 10.0 Å². The van der Waals surface area contributed by atoms with E-state index >= 15 is 0 Å². The minimum atomic E-state index is -3.68. The highest BCUT2D eigenvalue weighted by molar-refractivity contribution is 7.89. The monoisotopic (exact) mass is 346 g/mol. The molecule has 0 unspecified atom stereocenters. The van der Waals surface area contributed by atoms with Crippen LogP contribution in [0.15, 0.2) is 53.4 Å². The van der Waals surface area contributed by atoms with Gasteiger partial charge in [0.05, 0.1) is 15.9 Å². The van der Waals surface area contributed by atoms with Crippen LogP contribution in [0.5, 0.6) is 0 Å². The molecule has 2 aromatic carbocycles. The van der Waals surface area contributed by atoms with Crippen molar-refractivity contribution < 1.29 is 13.3 Å². The first-order chi connectivity index (χ1) is 11.4. The average molecular weight is 346 g/mol. The molecule has 6 nitrogen and oxygen atoms in total. The minimum Gasteiger partial charge on any atom is -0.258 e. The molecule has 2 aromatic rings. The van der Waals surface area contributed by atoms with E-state index in [0.29, 0.717) is 6.54 Å². The summed E-state index contributed by atoms with van der Waals surface area (Å²) in [6.07, 6.45) is 1.57. The highest BCUT2D eigenvalue weighted by Crippen LogP contribution is 2.37. The molecule has 1 atom stereocenters. The summed E-state index contributed by atoms with van der Waals surface area (Å²) in [5.74, 6) is 0. The largest absolute Gasteiger partial charge is 0.269 e. The molecule has 1 fully saturated rings. The number of rotatable bonds is 4. The lowest BCUT2D eigenvalue weighted by atomic mass is 10.0. The SMILES string of the molecule is Cc1ccccc1[C@@H]1CCCN1S(=O)(=O)c1ccc([N+](=O)[O-])cc1. The maximum absolute atomic E-state index is 13.0. The Labute approximate surface area is 140 Å². The molecule has 0 spiro atoms. The third-order valence-electron chi connectivity index (χ3n) is 4.41. The number of nitro groups is 1. The molecule has 1 saturated heterocycles. The lowest BCUT2D eigenvalue weighted by Gasteiger charge is -2.25. The molecule has 0 amide bonds. The summed E-state index contributed by atoms with van der Waals surface area (Å²) in [6.45, 7) is 2.43. The van der Waals surface area contributed by atoms with Gasteiger partial charge in [-0.3, -0.25) is 10.1 Å². The van der Waals surface area contributed by atoms with Gasteiger partial charge in [0.25, 0.3) is 5.69 Å².